The maximum atomic E-state index is 5.60. The van der Waals surface area contributed by atoms with Crippen molar-refractivity contribution in [2.45, 2.75) is 25.0 Å². The summed E-state index contributed by atoms with van der Waals surface area (Å²) in [4.78, 5) is 6.38. The van der Waals surface area contributed by atoms with Crippen LogP contribution in [0.4, 0.5) is 0 Å². The molecule has 0 spiro atoms. The summed E-state index contributed by atoms with van der Waals surface area (Å²) in [5, 5.41) is 6.66. The Balaban J connectivity index is 0.00000242. The van der Waals surface area contributed by atoms with Gasteiger partial charge in [-0.25, -0.2) is 0 Å². The van der Waals surface area contributed by atoms with Gasteiger partial charge in [-0.05, 0) is 39.1 Å². The molecule has 0 aromatic carbocycles. The molecule has 0 aliphatic carbocycles. The van der Waals surface area contributed by atoms with Crippen LogP contribution in [0, 0.1) is 0 Å². The summed E-state index contributed by atoms with van der Waals surface area (Å²) in [6, 6.07) is 4.08. The molecule has 0 amide bonds. The number of ether oxygens (including phenoxy) is 1. The Bertz CT molecular complexity index is 431. The van der Waals surface area contributed by atoms with Crippen LogP contribution in [0.2, 0.25) is 0 Å². The molecule has 0 saturated carbocycles. The third kappa shape index (κ3) is 5.77. The third-order valence-electron chi connectivity index (χ3n) is 3.70. The zero-order chi connectivity index (χ0) is 15.1. The van der Waals surface area contributed by atoms with Crippen LogP contribution >= 0.6 is 24.0 Å². The number of halogens is 1. The number of guanidine groups is 1. The van der Waals surface area contributed by atoms with E-state index in [0.717, 1.165) is 44.3 Å². The Morgan fingerprint density at radius 2 is 2.27 bits per heavy atom. The number of likely N-dealkylation sites (N-methyl/N-ethyl adjacent to an activating group) is 1. The van der Waals surface area contributed by atoms with E-state index in [0.29, 0.717) is 6.10 Å². The number of hydrogen-bond donors (Lipinski definition) is 2. The first kappa shape index (κ1) is 19.2. The van der Waals surface area contributed by atoms with Crippen molar-refractivity contribution in [3.8, 4) is 0 Å². The molecule has 2 rings (SSSR count). The number of rotatable bonds is 6. The standard InChI is InChI=1S/C15H26N4O2.HI/c1-16-15(17-10-12-6-4-8-20-12)18-11-13(19(2)3)14-7-5-9-21-14;/h5,7,9,12-13H,4,6,8,10-11H2,1-3H3,(H2,16,17,18);1H. The quantitative estimate of drug-likeness (QED) is 0.416. The molecule has 1 aromatic heterocycles. The van der Waals surface area contributed by atoms with E-state index in [9.17, 15) is 0 Å². The minimum absolute atomic E-state index is 0. The predicted molar refractivity (Wildman–Crippen MR) is 98.9 cm³/mol. The molecule has 2 unspecified atom stereocenters. The normalized spacial score (nSPS) is 19.8. The average Bonchev–Trinajstić information content (AvgIpc) is 3.15. The first-order chi connectivity index (χ1) is 10.2. The van der Waals surface area contributed by atoms with E-state index in [-0.39, 0.29) is 30.0 Å². The lowest BCUT2D eigenvalue weighted by atomic mass is 10.2. The van der Waals surface area contributed by atoms with Crippen LogP contribution in [-0.2, 0) is 4.74 Å². The molecule has 2 heterocycles. The smallest absolute Gasteiger partial charge is 0.191 e. The van der Waals surface area contributed by atoms with Crippen LogP contribution in [0.1, 0.15) is 24.6 Å². The second-order valence-corrected chi connectivity index (χ2v) is 5.46. The van der Waals surface area contributed by atoms with Gasteiger partial charge in [-0.2, -0.15) is 0 Å². The van der Waals surface area contributed by atoms with Crippen LogP contribution in [0.15, 0.2) is 27.8 Å². The molecule has 2 atom stereocenters. The Morgan fingerprint density at radius 1 is 1.45 bits per heavy atom. The van der Waals surface area contributed by atoms with Gasteiger partial charge in [0.2, 0.25) is 0 Å². The second-order valence-electron chi connectivity index (χ2n) is 5.46. The fourth-order valence-corrected chi connectivity index (χ4v) is 2.45. The first-order valence-electron chi connectivity index (χ1n) is 7.46. The lowest BCUT2D eigenvalue weighted by Gasteiger charge is -2.24. The number of nitrogens with zero attached hydrogens (tertiary/aromatic N) is 2. The topological polar surface area (TPSA) is 62.0 Å². The molecule has 1 saturated heterocycles. The van der Waals surface area contributed by atoms with Gasteiger partial charge in [0.15, 0.2) is 5.96 Å². The molecule has 2 N–H and O–H groups in total. The van der Waals surface area contributed by atoms with Crippen molar-refractivity contribution in [1.82, 2.24) is 15.5 Å². The largest absolute Gasteiger partial charge is 0.468 e. The van der Waals surface area contributed by atoms with Crippen LogP contribution < -0.4 is 10.6 Å². The van der Waals surface area contributed by atoms with Crippen LogP contribution in [0.25, 0.3) is 0 Å². The number of hydrogen-bond acceptors (Lipinski definition) is 4. The maximum absolute atomic E-state index is 5.60. The molecule has 22 heavy (non-hydrogen) atoms. The predicted octanol–water partition coefficient (Wildman–Crippen LogP) is 1.84. The molecular formula is C15H27IN4O2. The van der Waals surface area contributed by atoms with Crippen LogP contribution in [-0.4, -0.2) is 57.8 Å². The minimum atomic E-state index is 0. The van der Waals surface area contributed by atoms with Gasteiger partial charge in [0.25, 0.3) is 0 Å². The van der Waals surface area contributed by atoms with Gasteiger partial charge < -0.3 is 19.8 Å². The molecule has 0 radical (unpaired) electrons. The molecule has 6 nitrogen and oxygen atoms in total. The Morgan fingerprint density at radius 3 is 2.82 bits per heavy atom. The fraction of sp³-hybridized carbons (Fsp3) is 0.667. The van der Waals surface area contributed by atoms with E-state index in [1.165, 1.54) is 0 Å². The van der Waals surface area contributed by atoms with Crippen molar-refractivity contribution in [2.24, 2.45) is 4.99 Å². The summed E-state index contributed by atoms with van der Waals surface area (Å²) in [6.07, 6.45) is 4.28. The summed E-state index contributed by atoms with van der Waals surface area (Å²) in [5.41, 5.74) is 0. The molecule has 1 fully saturated rings. The van der Waals surface area contributed by atoms with E-state index < -0.39 is 0 Å². The molecule has 1 aliphatic rings. The van der Waals surface area contributed by atoms with Crippen molar-refractivity contribution in [3.63, 3.8) is 0 Å². The second kappa shape index (κ2) is 10.1. The highest BCUT2D eigenvalue weighted by atomic mass is 127. The van der Waals surface area contributed by atoms with Crippen molar-refractivity contribution >= 4 is 29.9 Å². The van der Waals surface area contributed by atoms with E-state index in [2.05, 4.69) is 20.5 Å². The highest BCUT2D eigenvalue weighted by Gasteiger charge is 2.18. The van der Waals surface area contributed by atoms with Crippen molar-refractivity contribution in [3.05, 3.63) is 24.2 Å². The monoisotopic (exact) mass is 422 g/mol. The summed E-state index contributed by atoms with van der Waals surface area (Å²) >= 11 is 0. The van der Waals surface area contributed by atoms with Gasteiger partial charge in [0.05, 0.1) is 18.4 Å². The zero-order valence-electron chi connectivity index (χ0n) is 13.5. The van der Waals surface area contributed by atoms with Crippen molar-refractivity contribution < 1.29 is 9.15 Å². The molecule has 0 bridgehead atoms. The lowest BCUT2D eigenvalue weighted by molar-refractivity contribution is 0.113. The Hall–Kier alpha value is -0.800. The highest BCUT2D eigenvalue weighted by Crippen LogP contribution is 2.17. The van der Waals surface area contributed by atoms with Gasteiger partial charge in [-0.3, -0.25) is 9.89 Å². The lowest BCUT2D eigenvalue weighted by Crippen LogP contribution is -2.44. The van der Waals surface area contributed by atoms with E-state index >= 15 is 0 Å². The molecule has 1 aliphatic heterocycles. The van der Waals surface area contributed by atoms with E-state index in [4.69, 9.17) is 9.15 Å². The third-order valence-corrected chi connectivity index (χ3v) is 3.70. The highest BCUT2D eigenvalue weighted by molar-refractivity contribution is 14.0. The number of aliphatic imine (C=N–C) groups is 1. The zero-order valence-corrected chi connectivity index (χ0v) is 15.9. The Labute approximate surface area is 149 Å². The van der Waals surface area contributed by atoms with Gasteiger partial charge in [-0.15, -0.1) is 24.0 Å². The summed E-state index contributed by atoms with van der Waals surface area (Å²) in [5.74, 6) is 1.74. The Kier molecular flexibility index (Phi) is 8.81. The molecular weight excluding hydrogens is 395 g/mol. The summed E-state index contributed by atoms with van der Waals surface area (Å²) in [6.45, 7) is 2.40. The molecule has 1 aromatic rings. The SMILES string of the molecule is CN=C(NCC1CCCO1)NCC(c1ccco1)N(C)C.I. The van der Waals surface area contributed by atoms with Gasteiger partial charge in [0.1, 0.15) is 5.76 Å². The van der Waals surface area contributed by atoms with Gasteiger partial charge in [0, 0.05) is 26.7 Å². The summed E-state index contributed by atoms with van der Waals surface area (Å²) < 4.78 is 11.1. The number of nitrogens with one attached hydrogen (secondary N) is 2. The van der Waals surface area contributed by atoms with Gasteiger partial charge in [-0.1, -0.05) is 0 Å². The van der Waals surface area contributed by atoms with Gasteiger partial charge >= 0.3 is 0 Å². The first-order valence-corrected chi connectivity index (χ1v) is 7.46. The van der Waals surface area contributed by atoms with Crippen LogP contribution in [0.3, 0.4) is 0 Å². The van der Waals surface area contributed by atoms with E-state index in [1.54, 1.807) is 13.3 Å². The minimum Gasteiger partial charge on any atom is -0.468 e. The molecule has 126 valence electrons. The number of furan rings is 1. The van der Waals surface area contributed by atoms with Crippen molar-refractivity contribution in [1.29, 1.82) is 0 Å². The van der Waals surface area contributed by atoms with Crippen LogP contribution in [0.5, 0.6) is 0 Å². The molecule has 7 heteroatoms. The van der Waals surface area contributed by atoms with Crippen molar-refractivity contribution in [2.75, 3.05) is 40.8 Å². The maximum Gasteiger partial charge on any atom is 0.191 e. The van der Waals surface area contributed by atoms with E-state index in [1.807, 2.05) is 26.2 Å². The average molecular weight is 422 g/mol. The fourth-order valence-electron chi connectivity index (χ4n) is 2.45. The summed E-state index contributed by atoms with van der Waals surface area (Å²) in [7, 11) is 5.86.